The van der Waals surface area contributed by atoms with E-state index in [1.165, 1.54) is 29.1 Å². The second kappa shape index (κ2) is 4.50. The fourth-order valence-corrected chi connectivity index (χ4v) is 1.58. The van der Waals surface area contributed by atoms with Gasteiger partial charge in [0, 0.05) is 5.02 Å². The van der Waals surface area contributed by atoms with E-state index >= 15 is 0 Å². The van der Waals surface area contributed by atoms with Crippen molar-refractivity contribution in [1.82, 2.24) is 9.78 Å². The van der Waals surface area contributed by atoms with Gasteiger partial charge in [0.25, 0.3) is 0 Å². The van der Waals surface area contributed by atoms with Gasteiger partial charge in [0.05, 0.1) is 11.5 Å². The third kappa shape index (κ3) is 2.59. The van der Waals surface area contributed by atoms with Crippen LogP contribution >= 0.6 is 11.6 Å². The lowest BCUT2D eigenvalue weighted by Crippen LogP contribution is -2.00. The minimum atomic E-state index is -0.532. The molecule has 1 aromatic carbocycles. The highest BCUT2D eigenvalue weighted by Crippen LogP contribution is 2.19. The van der Waals surface area contributed by atoms with Crippen molar-refractivity contribution in [3.05, 3.63) is 57.1 Å². The Hall–Kier alpha value is -1.95. The van der Waals surface area contributed by atoms with Crippen LogP contribution in [0, 0.1) is 15.9 Å². The molecule has 0 bridgehead atoms. The fourth-order valence-electron chi connectivity index (χ4n) is 1.36. The topological polar surface area (TPSA) is 61.0 Å². The molecule has 0 saturated carbocycles. The summed E-state index contributed by atoms with van der Waals surface area (Å²) in [5, 5.41) is 14.5. The zero-order chi connectivity index (χ0) is 12.4. The molecule has 17 heavy (non-hydrogen) atoms. The monoisotopic (exact) mass is 255 g/mol. The van der Waals surface area contributed by atoms with Gasteiger partial charge in [0.15, 0.2) is 0 Å². The average Bonchev–Trinajstić information content (AvgIpc) is 2.71. The Kier molecular flexibility index (Phi) is 3.06. The number of hydrogen-bond acceptors (Lipinski definition) is 3. The van der Waals surface area contributed by atoms with Gasteiger partial charge in [0.2, 0.25) is 0 Å². The van der Waals surface area contributed by atoms with E-state index in [1.54, 1.807) is 0 Å². The number of aromatic nitrogens is 2. The van der Waals surface area contributed by atoms with Gasteiger partial charge in [-0.25, -0.2) is 4.39 Å². The Morgan fingerprint density at radius 2 is 2.29 bits per heavy atom. The number of rotatable bonds is 3. The first-order valence-corrected chi connectivity index (χ1v) is 5.05. The summed E-state index contributed by atoms with van der Waals surface area (Å²) >= 11 is 5.83. The molecule has 0 spiro atoms. The third-order valence-corrected chi connectivity index (χ3v) is 2.53. The first kappa shape index (κ1) is 11.5. The van der Waals surface area contributed by atoms with E-state index in [0.29, 0.717) is 5.56 Å². The number of hydrogen-bond donors (Lipinski definition) is 0. The minimum Gasteiger partial charge on any atom is -0.261 e. The summed E-state index contributed by atoms with van der Waals surface area (Å²) in [6.07, 6.45) is 2.44. The molecule has 1 heterocycles. The van der Waals surface area contributed by atoms with Gasteiger partial charge in [0.1, 0.15) is 18.2 Å². The van der Waals surface area contributed by atoms with Gasteiger partial charge in [-0.3, -0.25) is 14.8 Å². The van der Waals surface area contributed by atoms with Crippen molar-refractivity contribution in [2.45, 2.75) is 6.54 Å². The van der Waals surface area contributed by atoms with Crippen LogP contribution in [-0.4, -0.2) is 14.7 Å². The highest BCUT2D eigenvalue weighted by molar-refractivity contribution is 6.31. The standard InChI is InChI=1S/C10H7ClFN3O2/c11-10-3-8(12)2-1-7(10)5-14-6-9(4-13-14)15(16)17/h1-4,6H,5H2. The van der Waals surface area contributed by atoms with E-state index in [9.17, 15) is 14.5 Å². The fraction of sp³-hybridized carbons (Fsp3) is 0.100. The number of nitro groups is 1. The van der Waals surface area contributed by atoms with Crippen LogP contribution in [-0.2, 0) is 6.54 Å². The third-order valence-electron chi connectivity index (χ3n) is 2.18. The summed E-state index contributed by atoms with van der Waals surface area (Å²) in [6, 6.07) is 3.99. The van der Waals surface area contributed by atoms with Crippen molar-refractivity contribution in [3.8, 4) is 0 Å². The molecule has 1 aromatic heterocycles. The maximum atomic E-state index is 12.8. The van der Waals surface area contributed by atoms with Gasteiger partial charge < -0.3 is 0 Å². The second-order valence-electron chi connectivity index (χ2n) is 3.39. The van der Waals surface area contributed by atoms with Crippen molar-refractivity contribution >= 4 is 17.3 Å². The van der Waals surface area contributed by atoms with E-state index in [1.807, 2.05) is 0 Å². The molecule has 5 nitrogen and oxygen atoms in total. The molecular weight excluding hydrogens is 249 g/mol. The average molecular weight is 256 g/mol. The van der Waals surface area contributed by atoms with E-state index in [2.05, 4.69) is 5.10 Å². The summed E-state index contributed by atoms with van der Waals surface area (Å²) in [5.74, 6) is -0.426. The smallest absolute Gasteiger partial charge is 0.261 e. The van der Waals surface area contributed by atoms with Crippen LogP contribution in [0.15, 0.2) is 30.6 Å². The zero-order valence-electron chi connectivity index (χ0n) is 8.51. The summed E-state index contributed by atoms with van der Waals surface area (Å²) in [5.41, 5.74) is 0.550. The normalized spacial score (nSPS) is 10.5. The van der Waals surface area contributed by atoms with E-state index in [-0.39, 0.29) is 17.3 Å². The summed E-state index contributed by atoms with van der Waals surface area (Å²) in [4.78, 5) is 9.92. The van der Waals surface area contributed by atoms with E-state index < -0.39 is 10.7 Å². The van der Waals surface area contributed by atoms with Crippen LogP contribution < -0.4 is 0 Å². The molecule has 0 aliphatic carbocycles. The van der Waals surface area contributed by atoms with Crippen LogP contribution in [0.2, 0.25) is 5.02 Å². The molecule has 7 heteroatoms. The van der Waals surface area contributed by atoms with Crippen LogP contribution in [0.1, 0.15) is 5.56 Å². The van der Waals surface area contributed by atoms with Crippen molar-refractivity contribution in [2.75, 3.05) is 0 Å². The molecule has 0 radical (unpaired) electrons. The highest BCUT2D eigenvalue weighted by atomic mass is 35.5. The Balaban J connectivity index is 2.22. The largest absolute Gasteiger partial charge is 0.307 e. The van der Waals surface area contributed by atoms with Crippen LogP contribution in [0.3, 0.4) is 0 Å². The second-order valence-corrected chi connectivity index (χ2v) is 3.80. The Bertz CT molecular complexity index is 570. The molecule has 0 aliphatic rings. The number of benzene rings is 1. The maximum Gasteiger partial charge on any atom is 0.307 e. The van der Waals surface area contributed by atoms with Crippen molar-refractivity contribution in [3.63, 3.8) is 0 Å². The van der Waals surface area contributed by atoms with Crippen molar-refractivity contribution in [1.29, 1.82) is 0 Å². The molecule has 0 amide bonds. The van der Waals surface area contributed by atoms with E-state index in [0.717, 1.165) is 6.20 Å². The molecule has 0 aliphatic heterocycles. The molecule has 0 fully saturated rings. The van der Waals surface area contributed by atoms with Gasteiger partial charge in [-0.05, 0) is 17.7 Å². The number of halogens is 2. The quantitative estimate of drug-likeness (QED) is 0.626. The number of nitrogens with zero attached hydrogens (tertiary/aromatic N) is 3. The molecule has 0 saturated heterocycles. The van der Waals surface area contributed by atoms with Crippen LogP contribution in [0.4, 0.5) is 10.1 Å². The Morgan fingerprint density at radius 1 is 1.53 bits per heavy atom. The summed E-state index contributed by atoms with van der Waals surface area (Å²) < 4.78 is 14.2. The molecule has 2 aromatic rings. The molecule has 0 unspecified atom stereocenters. The predicted octanol–water partition coefficient (Wildman–Crippen LogP) is 2.63. The van der Waals surface area contributed by atoms with E-state index in [4.69, 9.17) is 11.6 Å². The Morgan fingerprint density at radius 3 is 2.88 bits per heavy atom. The van der Waals surface area contributed by atoms with Gasteiger partial charge in [-0.1, -0.05) is 17.7 Å². The Labute approximate surface area is 101 Å². The van der Waals surface area contributed by atoms with Crippen LogP contribution in [0.5, 0.6) is 0 Å². The minimum absolute atomic E-state index is 0.0942. The molecule has 0 N–H and O–H groups in total. The molecular formula is C10H7ClFN3O2. The van der Waals surface area contributed by atoms with Crippen LogP contribution in [0.25, 0.3) is 0 Å². The maximum absolute atomic E-state index is 12.8. The van der Waals surface area contributed by atoms with Gasteiger partial charge in [-0.2, -0.15) is 5.10 Å². The highest BCUT2D eigenvalue weighted by Gasteiger charge is 2.10. The summed E-state index contributed by atoms with van der Waals surface area (Å²) in [6.45, 7) is 0.257. The lowest BCUT2D eigenvalue weighted by molar-refractivity contribution is -0.385. The molecule has 2 rings (SSSR count). The molecule has 0 atom stereocenters. The van der Waals surface area contributed by atoms with Crippen molar-refractivity contribution < 1.29 is 9.31 Å². The molecule has 88 valence electrons. The summed E-state index contributed by atoms with van der Waals surface area (Å²) in [7, 11) is 0. The zero-order valence-corrected chi connectivity index (χ0v) is 9.26. The van der Waals surface area contributed by atoms with Gasteiger partial charge in [-0.15, -0.1) is 0 Å². The lowest BCUT2D eigenvalue weighted by atomic mass is 10.2. The van der Waals surface area contributed by atoms with Crippen molar-refractivity contribution in [2.24, 2.45) is 0 Å². The first-order chi connectivity index (χ1) is 8.06. The predicted molar refractivity (Wildman–Crippen MR) is 59.4 cm³/mol. The first-order valence-electron chi connectivity index (χ1n) is 4.67. The SMILES string of the molecule is O=[N+]([O-])c1cnn(Cc2ccc(F)cc2Cl)c1. The van der Waals surface area contributed by atoms with Gasteiger partial charge >= 0.3 is 5.69 Å². The lowest BCUT2D eigenvalue weighted by Gasteiger charge is -2.03.